The smallest absolute Gasteiger partial charge is 0.307 e. The maximum atomic E-state index is 11.6. The average Bonchev–Trinajstić information content (AvgIpc) is 3.90. The Labute approximate surface area is 319 Å². The summed E-state index contributed by atoms with van der Waals surface area (Å²) < 4.78 is 17.9. The number of pyridine rings is 2. The van der Waals surface area contributed by atoms with Crippen molar-refractivity contribution in [2.75, 3.05) is 27.3 Å². The maximum Gasteiger partial charge on any atom is 0.307 e. The first kappa shape index (κ1) is 37.0. The summed E-state index contributed by atoms with van der Waals surface area (Å²) in [4.78, 5) is 34.8. The Morgan fingerprint density at radius 2 is 1.74 bits per heavy atom. The standard InChI is InChI=1S/C41H44Cl2N4O6/c1-23-19-34(45-39(52-3)32(23)22-47-18-17-25(21-47)41(49)50)31-12-6-11-30(37(31)43)27-9-5-10-29-28(27)14-15-35(29)53-40-33(42)20-24(38(46-40)51-2)7-4-8-26-13-16-36(48)44-26/h5-6,9-12,19-20,25-26,35H,4,7-8,13-18,21-22H2,1-3H3,(H,44,48)(H,49,50)/t25-,26-,35+/m1/s1. The van der Waals surface area contributed by atoms with E-state index in [1.807, 2.05) is 43.3 Å². The van der Waals surface area contributed by atoms with Crippen molar-refractivity contribution < 1.29 is 28.9 Å². The molecule has 10 nitrogen and oxygen atoms in total. The number of likely N-dealkylation sites (tertiary alicyclic amines) is 1. The van der Waals surface area contributed by atoms with Crippen LogP contribution in [0.3, 0.4) is 0 Å². The van der Waals surface area contributed by atoms with E-state index in [1.165, 1.54) is 0 Å². The van der Waals surface area contributed by atoms with Crippen LogP contribution in [-0.2, 0) is 29.0 Å². The number of halogens is 2. The first-order valence-corrected chi connectivity index (χ1v) is 19.0. The fraction of sp³-hybridized carbons (Fsp3) is 0.415. The summed E-state index contributed by atoms with van der Waals surface area (Å²) in [5.74, 6) is 0.363. The summed E-state index contributed by atoms with van der Waals surface area (Å²) in [7, 11) is 3.21. The molecule has 2 aromatic carbocycles. The molecule has 12 heteroatoms. The van der Waals surface area contributed by atoms with Crippen LogP contribution in [0.15, 0.2) is 48.5 Å². The van der Waals surface area contributed by atoms with Gasteiger partial charge in [-0.25, -0.2) is 4.98 Å². The van der Waals surface area contributed by atoms with Gasteiger partial charge in [-0.05, 0) is 92.8 Å². The van der Waals surface area contributed by atoms with Gasteiger partial charge in [0.15, 0.2) is 0 Å². The normalized spacial score (nSPS) is 19.6. The molecular weight excluding hydrogens is 715 g/mol. The number of methoxy groups -OCH3 is 2. The van der Waals surface area contributed by atoms with Gasteiger partial charge < -0.3 is 24.6 Å². The van der Waals surface area contributed by atoms with E-state index in [-0.39, 0.29) is 24.0 Å². The van der Waals surface area contributed by atoms with Gasteiger partial charge in [0.05, 0.1) is 30.9 Å². The third-order valence-corrected chi connectivity index (χ3v) is 11.5. The summed E-state index contributed by atoms with van der Waals surface area (Å²) in [6.07, 6.45) is 5.92. The Bertz CT molecular complexity index is 2040. The third kappa shape index (κ3) is 7.81. The van der Waals surface area contributed by atoms with E-state index in [0.29, 0.717) is 59.3 Å². The zero-order chi connectivity index (χ0) is 37.2. The summed E-state index contributed by atoms with van der Waals surface area (Å²) in [6, 6.07) is 16.3. The fourth-order valence-corrected chi connectivity index (χ4v) is 8.54. The van der Waals surface area contributed by atoms with E-state index in [9.17, 15) is 14.7 Å². The molecular formula is C41H44Cl2N4O6. The highest BCUT2D eigenvalue weighted by atomic mass is 35.5. The minimum atomic E-state index is -0.751. The van der Waals surface area contributed by atoms with Crippen LogP contribution in [0, 0.1) is 12.8 Å². The van der Waals surface area contributed by atoms with Crippen LogP contribution in [0.1, 0.15) is 72.4 Å². The zero-order valence-corrected chi connectivity index (χ0v) is 31.7. The van der Waals surface area contributed by atoms with Crippen molar-refractivity contribution in [1.29, 1.82) is 0 Å². The molecule has 4 heterocycles. The monoisotopic (exact) mass is 758 g/mol. The number of carbonyl (C=O) groups excluding carboxylic acids is 1. The topological polar surface area (TPSA) is 123 Å². The van der Waals surface area contributed by atoms with Crippen molar-refractivity contribution >= 4 is 35.1 Å². The largest absolute Gasteiger partial charge is 0.481 e. The molecule has 0 radical (unpaired) electrons. The molecule has 1 aliphatic carbocycles. The van der Waals surface area contributed by atoms with Crippen LogP contribution < -0.4 is 19.5 Å². The van der Waals surface area contributed by atoms with Crippen LogP contribution >= 0.6 is 23.2 Å². The van der Waals surface area contributed by atoms with Crippen molar-refractivity contribution in [2.24, 2.45) is 5.92 Å². The molecule has 0 unspecified atom stereocenters. The first-order chi connectivity index (χ1) is 25.6. The summed E-state index contributed by atoms with van der Waals surface area (Å²) >= 11 is 14.0. The quantitative estimate of drug-likeness (QED) is 0.140. The third-order valence-electron chi connectivity index (χ3n) is 10.8. The number of aromatic nitrogens is 2. The molecule has 2 fully saturated rings. The predicted octanol–water partition coefficient (Wildman–Crippen LogP) is 8.02. The molecule has 0 bridgehead atoms. The number of fused-ring (bicyclic) bond motifs is 1. The minimum Gasteiger partial charge on any atom is -0.481 e. The summed E-state index contributed by atoms with van der Waals surface area (Å²) in [5.41, 5.74) is 8.53. The van der Waals surface area contributed by atoms with E-state index in [4.69, 9.17) is 42.4 Å². The van der Waals surface area contributed by atoms with Gasteiger partial charge in [-0.15, -0.1) is 0 Å². The average molecular weight is 760 g/mol. The van der Waals surface area contributed by atoms with Gasteiger partial charge in [0.1, 0.15) is 11.1 Å². The molecule has 1 amide bonds. The highest BCUT2D eigenvalue weighted by Gasteiger charge is 2.31. The highest BCUT2D eigenvalue weighted by molar-refractivity contribution is 6.36. The van der Waals surface area contributed by atoms with Crippen molar-refractivity contribution in [3.05, 3.63) is 86.4 Å². The number of aliphatic carboxylic acids is 1. The van der Waals surface area contributed by atoms with Crippen molar-refractivity contribution in [2.45, 2.75) is 77.0 Å². The number of nitrogens with one attached hydrogen (secondary N) is 1. The second kappa shape index (κ2) is 15.9. The lowest BCUT2D eigenvalue weighted by molar-refractivity contribution is -0.141. The lowest BCUT2D eigenvalue weighted by Crippen LogP contribution is -2.25. The summed E-state index contributed by atoms with van der Waals surface area (Å²) in [6.45, 7) is 3.82. The van der Waals surface area contributed by atoms with Crippen LogP contribution in [0.5, 0.6) is 17.6 Å². The van der Waals surface area contributed by atoms with Crippen LogP contribution in [0.25, 0.3) is 22.4 Å². The zero-order valence-electron chi connectivity index (χ0n) is 30.2. The minimum absolute atomic E-state index is 0.125. The van der Waals surface area contributed by atoms with Crippen LogP contribution in [0.4, 0.5) is 0 Å². The second-order valence-corrected chi connectivity index (χ2v) is 15.0. The van der Waals surface area contributed by atoms with E-state index in [1.54, 1.807) is 14.2 Å². The molecule has 2 N–H and O–H groups in total. The fourth-order valence-electron chi connectivity index (χ4n) is 8.00. The van der Waals surface area contributed by atoms with Gasteiger partial charge in [-0.1, -0.05) is 59.6 Å². The number of amides is 1. The number of nitrogens with zero attached hydrogens (tertiary/aromatic N) is 3. The number of carboxylic acids is 1. The Kier molecular flexibility index (Phi) is 11.1. The Morgan fingerprint density at radius 3 is 2.47 bits per heavy atom. The second-order valence-electron chi connectivity index (χ2n) is 14.2. The number of ether oxygens (including phenoxy) is 3. The lowest BCUT2D eigenvalue weighted by atomic mass is 9.94. The maximum absolute atomic E-state index is 11.6. The molecule has 7 rings (SSSR count). The molecule has 3 aliphatic rings. The molecule has 4 aromatic rings. The molecule has 2 saturated heterocycles. The van der Waals surface area contributed by atoms with Crippen molar-refractivity contribution in [3.63, 3.8) is 0 Å². The highest BCUT2D eigenvalue weighted by Crippen LogP contribution is 2.45. The van der Waals surface area contributed by atoms with Gasteiger partial charge >= 0.3 is 5.97 Å². The van der Waals surface area contributed by atoms with Crippen molar-refractivity contribution in [1.82, 2.24) is 20.2 Å². The van der Waals surface area contributed by atoms with Gasteiger partial charge in [0.2, 0.25) is 23.5 Å². The first-order valence-electron chi connectivity index (χ1n) is 18.2. The molecule has 0 saturated carbocycles. The van der Waals surface area contributed by atoms with Crippen LogP contribution in [-0.4, -0.2) is 65.2 Å². The molecule has 2 aliphatic heterocycles. The molecule has 53 heavy (non-hydrogen) atoms. The van der Waals surface area contributed by atoms with Gasteiger partial charge in [-0.3, -0.25) is 14.5 Å². The van der Waals surface area contributed by atoms with Crippen molar-refractivity contribution in [3.8, 4) is 40.0 Å². The van der Waals surface area contributed by atoms with Gasteiger partial charge in [0, 0.05) is 47.8 Å². The number of aryl methyl sites for hydroxylation is 2. The van der Waals surface area contributed by atoms with E-state index in [0.717, 1.165) is 89.6 Å². The molecule has 278 valence electrons. The number of carbonyl (C=O) groups is 2. The number of carboxylic acid groups (broad SMARTS) is 1. The molecule has 0 spiro atoms. The van der Waals surface area contributed by atoms with Crippen LogP contribution in [0.2, 0.25) is 10.0 Å². The lowest BCUT2D eigenvalue weighted by Gasteiger charge is -2.20. The summed E-state index contributed by atoms with van der Waals surface area (Å²) in [5, 5.41) is 13.5. The van der Waals surface area contributed by atoms with E-state index < -0.39 is 5.97 Å². The van der Waals surface area contributed by atoms with Gasteiger partial charge in [0.25, 0.3) is 0 Å². The Hall–Kier alpha value is -4.38. The van der Waals surface area contributed by atoms with E-state index >= 15 is 0 Å². The number of rotatable bonds is 13. The molecule has 2 aromatic heterocycles. The van der Waals surface area contributed by atoms with E-state index in [2.05, 4.69) is 27.3 Å². The SMILES string of the molecule is COc1nc(O[C@H]2CCc3c(-c4cccc(-c5cc(C)c(CN6CC[C@@H](C(=O)O)C6)c(OC)n5)c4Cl)cccc32)c(Cl)cc1CCC[C@@H]1CCC(=O)N1. The predicted molar refractivity (Wildman–Crippen MR) is 204 cm³/mol. The Balaban J connectivity index is 1.10. The van der Waals surface area contributed by atoms with Gasteiger partial charge in [-0.2, -0.15) is 4.98 Å². The number of hydrogen-bond acceptors (Lipinski definition) is 8. The number of hydrogen-bond donors (Lipinski definition) is 2. The number of benzene rings is 2. The Morgan fingerprint density at radius 1 is 0.962 bits per heavy atom. The molecule has 3 atom stereocenters.